The van der Waals surface area contributed by atoms with Gasteiger partial charge in [-0.05, 0) is 75.9 Å². The molecule has 1 aliphatic heterocycles. The molecule has 2 bridgehead atoms. The van der Waals surface area contributed by atoms with E-state index >= 15 is 0 Å². The summed E-state index contributed by atoms with van der Waals surface area (Å²) in [4.78, 5) is 2.77. The van der Waals surface area contributed by atoms with Crippen molar-refractivity contribution in [3.05, 3.63) is 0 Å². The van der Waals surface area contributed by atoms with Crippen LogP contribution in [0, 0.1) is 23.7 Å². The van der Waals surface area contributed by atoms with Gasteiger partial charge in [0.15, 0.2) is 0 Å². The SMILES string of the molecule is CNCC1CCCN(CC2CC3CCC2C3)C1.Cl. The molecule has 4 atom stereocenters. The molecule has 2 aliphatic carbocycles. The Morgan fingerprint density at radius 2 is 2.06 bits per heavy atom. The summed E-state index contributed by atoms with van der Waals surface area (Å²) in [6, 6.07) is 0. The molecule has 0 aromatic carbocycles. The number of halogens is 1. The fraction of sp³-hybridized carbons (Fsp3) is 1.00. The van der Waals surface area contributed by atoms with Crippen LogP contribution >= 0.6 is 12.4 Å². The Morgan fingerprint density at radius 1 is 1.17 bits per heavy atom. The van der Waals surface area contributed by atoms with Crippen molar-refractivity contribution < 1.29 is 0 Å². The summed E-state index contributed by atoms with van der Waals surface area (Å²) in [5.41, 5.74) is 0. The molecule has 18 heavy (non-hydrogen) atoms. The molecule has 2 saturated carbocycles. The van der Waals surface area contributed by atoms with Gasteiger partial charge < -0.3 is 10.2 Å². The number of piperidine rings is 1. The molecule has 1 heterocycles. The first-order chi connectivity index (χ1) is 8.35. The average molecular weight is 273 g/mol. The van der Waals surface area contributed by atoms with Gasteiger partial charge in [-0.3, -0.25) is 0 Å². The zero-order valence-corrected chi connectivity index (χ0v) is 12.6. The molecule has 1 N–H and O–H groups in total. The van der Waals surface area contributed by atoms with Crippen LogP contribution in [0.1, 0.15) is 38.5 Å². The average Bonchev–Trinajstić information content (AvgIpc) is 2.92. The maximum atomic E-state index is 3.35. The van der Waals surface area contributed by atoms with E-state index in [9.17, 15) is 0 Å². The molecule has 0 radical (unpaired) electrons. The van der Waals surface area contributed by atoms with Crippen LogP contribution < -0.4 is 5.32 Å². The number of likely N-dealkylation sites (tertiary alicyclic amines) is 1. The second-order valence-corrected chi connectivity index (χ2v) is 6.76. The molecule has 2 nitrogen and oxygen atoms in total. The van der Waals surface area contributed by atoms with Crippen LogP contribution in [0.25, 0.3) is 0 Å². The number of fused-ring (bicyclic) bond motifs is 2. The van der Waals surface area contributed by atoms with Crippen molar-refractivity contribution in [2.24, 2.45) is 23.7 Å². The highest BCUT2D eigenvalue weighted by Crippen LogP contribution is 2.48. The topological polar surface area (TPSA) is 15.3 Å². The summed E-state index contributed by atoms with van der Waals surface area (Å²) >= 11 is 0. The summed E-state index contributed by atoms with van der Waals surface area (Å²) in [6.07, 6.45) is 9.07. The van der Waals surface area contributed by atoms with E-state index in [-0.39, 0.29) is 12.4 Å². The number of hydrogen-bond acceptors (Lipinski definition) is 2. The third kappa shape index (κ3) is 3.20. The predicted octanol–water partition coefficient (Wildman–Crippen LogP) is 2.78. The Morgan fingerprint density at radius 3 is 2.72 bits per heavy atom. The minimum Gasteiger partial charge on any atom is -0.319 e. The summed E-state index contributed by atoms with van der Waals surface area (Å²) in [6.45, 7) is 5.36. The highest BCUT2D eigenvalue weighted by atomic mass is 35.5. The number of nitrogens with one attached hydrogen (secondary N) is 1. The minimum absolute atomic E-state index is 0. The lowest BCUT2D eigenvalue weighted by Crippen LogP contribution is -2.42. The molecule has 3 fully saturated rings. The molecular formula is C15H29ClN2. The van der Waals surface area contributed by atoms with Gasteiger partial charge in [0.2, 0.25) is 0 Å². The molecule has 3 rings (SSSR count). The van der Waals surface area contributed by atoms with Gasteiger partial charge in [-0.2, -0.15) is 0 Å². The normalized spacial score (nSPS) is 39.8. The third-order valence-electron chi connectivity index (χ3n) is 5.47. The zero-order chi connectivity index (χ0) is 11.7. The summed E-state index contributed by atoms with van der Waals surface area (Å²) in [5, 5.41) is 3.35. The molecule has 3 heteroatoms. The first-order valence-corrected chi connectivity index (χ1v) is 7.72. The van der Waals surface area contributed by atoms with E-state index in [1.165, 1.54) is 39.0 Å². The Kier molecular flexibility index (Phi) is 5.35. The van der Waals surface area contributed by atoms with Crippen molar-refractivity contribution in [3.8, 4) is 0 Å². The van der Waals surface area contributed by atoms with Crippen LogP contribution in [0.4, 0.5) is 0 Å². The number of rotatable bonds is 4. The molecule has 4 unspecified atom stereocenters. The highest BCUT2D eigenvalue weighted by Gasteiger charge is 2.40. The van der Waals surface area contributed by atoms with E-state index in [0.29, 0.717) is 0 Å². The summed E-state index contributed by atoms with van der Waals surface area (Å²) < 4.78 is 0. The van der Waals surface area contributed by atoms with Gasteiger partial charge in [-0.15, -0.1) is 12.4 Å². The largest absolute Gasteiger partial charge is 0.319 e. The maximum Gasteiger partial charge on any atom is 0.00219 e. The fourth-order valence-corrected chi connectivity index (χ4v) is 4.70. The first kappa shape index (κ1) is 14.6. The molecule has 0 aromatic rings. The lowest BCUT2D eigenvalue weighted by molar-refractivity contribution is 0.131. The smallest absolute Gasteiger partial charge is 0.00219 e. The third-order valence-corrected chi connectivity index (χ3v) is 5.47. The Labute approximate surface area is 118 Å². The van der Waals surface area contributed by atoms with E-state index in [4.69, 9.17) is 0 Å². The van der Waals surface area contributed by atoms with E-state index in [1.54, 1.807) is 25.7 Å². The van der Waals surface area contributed by atoms with Crippen molar-refractivity contribution in [3.63, 3.8) is 0 Å². The van der Waals surface area contributed by atoms with Crippen LogP contribution in [0.5, 0.6) is 0 Å². The Hall–Kier alpha value is 0.210. The van der Waals surface area contributed by atoms with Crippen LogP contribution in [-0.4, -0.2) is 38.1 Å². The van der Waals surface area contributed by atoms with Gasteiger partial charge in [0.25, 0.3) is 0 Å². The quantitative estimate of drug-likeness (QED) is 0.847. The van der Waals surface area contributed by atoms with Crippen LogP contribution in [0.3, 0.4) is 0 Å². The molecule has 3 aliphatic rings. The van der Waals surface area contributed by atoms with Gasteiger partial charge in [0.1, 0.15) is 0 Å². The van der Waals surface area contributed by atoms with Crippen LogP contribution in [0.2, 0.25) is 0 Å². The second-order valence-electron chi connectivity index (χ2n) is 6.76. The number of nitrogens with zero attached hydrogens (tertiary/aromatic N) is 1. The van der Waals surface area contributed by atoms with E-state index in [0.717, 1.165) is 23.7 Å². The predicted molar refractivity (Wildman–Crippen MR) is 79.3 cm³/mol. The first-order valence-electron chi connectivity index (χ1n) is 7.72. The van der Waals surface area contributed by atoms with Crippen molar-refractivity contribution in [1.82, 2.24) is 10.2 Å². The minimum atomic E-state index is 0. The molecule has 0 spiro atoms. The summed E-state index contributed by atoms with van der Waals surface area (Å²) in [7, 11) is 2.09. The molecule has 106 valence electrons. The van der Waals surface area contributed by atoms with Crippen LogP contribution in [-0.2, 0) is 0 Å². The lowest BCUT2D eigenvalue weighted by atomic mass is 9.87. The molecular weight excluding hydrogens is 244 g/mol. The molecule has 1 saturated heterocycles. The van der Waals surface area contributed by atoms with Gasteiger partial charge in [-0.1, -0.05) is 6.42 Å². The second kappa shape index (κ2) is 6.58. The summed E-state index contributed by atoms with van der Waals surface area (Å²) in [5.74, 6) is 4.18. The Bertz CT molecular complexity index is 257. The Balaban J connectivity index is 0.00000120. The zero-order valence-electron chi connectivity index (χ0n) is 11.7. The molecule has 0 amide bonds. The van der Waals surface area contributed by atoms with Crippen molar-refractivity contribution >= 4 is 12.4 Å². The van der Waals surface area contributed by atoms with Gasteiger partial charge in [0.05, 0.1) is 0 Å². The fourth-order valence-electron chi connectivity index (χ4n) is 4.70. The van der Waals surface area contributed by atoms with E-state index < -0.39 is 0 Å². The van der Waals surface area contributed by atoms with Crippen molar-refractivity contribution in [1.29, 1.82) is 0 Å². The van der Waals surface area contributed by atoms with E-state index in [2.05, 4.69) is 17.3 Å². The van der Waals surface area contributed by atoms with Gasteiger partial charge in [-0.25, -0.2) is 0 Å². The highest BCUT2D eigenvalue weighted by molar-refractivity contribution is 5.85. The van der Waals surface area contributed by atoms with Gasteiger partial charge in [0, 0.05) is 13.1 Å². The number of hydrogen-bond donors (Lipinski definition) is 1. The van der Waals surface area contributed by atoms with Crippen LogP contribution in [0.15, 0.2) is 0 Å². The monoisotopic (exact) mass is 272 g/mol. The standard InChI is InChI=1S/C15H28N2.ClH/c1-16-9-13-3-2-6-17(10-13)11-15-8-12-4-5-14(15)7-12;/h12-16H,2-11H2,1H3;1H. The molecule has 0 aromatic heterocycles. The van der Waals surface area contributed by atoms with Gasteiger partial charge >= 0.3 is 0 Å². The maximum absolute atomic E-state index is 3.35. The van der Waals surface area contributed by atoms with Crippen molar-refractivity contribution in [2.45, 2.75) is 38.5 Å². The lowest BCUT2D eigenvalue weighted by Gasteiger charge is -2.36. The van der Waals surface area contributed by atoms with Crippen molar-refractivity contribution in [2.75, 3.05) is 33.2 Å². The van der Waals surface area contributed by atoms with E-state index in [1.807, 2.05) is 0 Å².